The van der Waals surface area contributed by atoms with E-state index in [0.717, 1.165) is 32.2 Å². The highest BCUT2D eigenvalue weighted by atomic mass is 32.1. The number of carboxylic acids is 1. The zero-order chi connectivity index (χ0) is 17.8. The molecule has 0 aliphatic carbocycles. The molecule has 3 rings (SSSR count). The molecule has 2 aromatic carbocycles. The Morgan fingerprint density at radius 1 is 1.28 bits per heavy atom. The second-order valence-corrected chi connectivity index (χ2v) is 6.65. The largest absolute Gasteiger partial charge is 0.497 e. The lowest BCUT2D eigenvalue weighted by Gasteiger charge is -2.03. The molecule has 0 saturated heterocycles. The van der Waals surface area contributed by atoms with Gasteiger partial charge in [-0.05, 0) is 42.8 Å². The van der Waals surface area contributed by atoms with Crippen LogP contribution in [0, 0.1) is 0 Å². The Labute approximate surface area is 149 Å². The fraction of sp³-hybridized carbons (Fsp3) is 0.158. The SMILES string of the molecule is COc1ccc2nc(NCC(C)=Cc3ccc(C(=O)O)cc3)sc2c1. The van der Waals surface area contributed by atoms with E-state index in [9.17, 15) is 4.79 Å². The van der Waals surface area contributed by atoms with E-state index in [1.807, 2.05) is 31.2 Å². The minimum atomic E-state index is -0.915. The fourth-order valence-corrected chi connectivity index (χ4v) is 3.27. The second-order valence-electron chi connectivity index (χ2n) is 5.62. The molecule has 0 fully saturated rings. The van der Waals surface area contributed by atoms with Gasteiger partial charge in [-0.15, -0.1) is 0 Å². The molecule has 1 aromatic heterocycles. The van der Waals surface area contributed by atoms with Crippen molar-refractivity contribution in [2.75, 3.05) is 19.0 Å². The number of nitrogens with zero attached hydrogens (tertiary/aromatic N) is 1. The predicted octanol–water partition coefficient (Wildman–Crippen LogP) is 4.52. The van der Waals surface area contributed by atoms with Crippen molar-refractivity contribution in [1.82, 2.24) is 4.98 Å². The van der Waals surface area contributed by atoms with Gasteiger partial charge in [-0.2, -0.15) is 0 Å². The Morgan fingerprint density at radius 3 is 2.72 bits per heavy atom. The molecule has 3 aromatic rings. The Morgan fingerprint density at radius 2 is 2.04 bits per heavy atom. The number of carbonyl (C=O) groups is 1. The minimum absolute atomic E-state index is 0.290. The van der Waals surface area contributed by atoms with E-state index in [1.54, 1.807) is 42.7 Å². The number of carboxylic acid groups (broad SMARTS) is 1. The number of benzene rings is 2. The maximum atomic E-state index is 10.9. The van der Waals surface area contributed by atoms with Crippen molar-refractivity contribution in [2.24, 2.45) is 0 Å². The fourth-order valence-electron chi connectivity index (χ4n) is 2.38. The Kier molecular flexibility index (Phi) is 5.00. The number of hydrogen-bond acceptors (Lipinski definition) is 5. The first-order valence-corrected chi connectivity index (χ1v) is 8.56. The van der Waals surface area contributed by atoms with Crippen LogP contribution in [-0.2, 0) is 0 Å². The van der Waals surface area contributed by atoms with Gasteiger partial charge in [0.1, 0.15) is 5.75 Å². The summed E-state index contributed by atoms with van der Waals surface area (Å²) in [5.41, 5.74) is 3.33. The Hall–Kier alpha value is -2.86. The Bertz CT molecular complexity index is 929. The highest BCUT2D eigenvalue weighted by molar-refractivity contribution is 7.22. The summed E-state index contributed by atoms with van der Waals surface area (Å²) in [5, 5.41) is 13.1. The number of anilines is 1. The molecule has 0 saturated carbocycles. The van der Waals surface area contributed by atoms with Crippen molar-refractivity contribution in [3.63, 3.8) is 0 Å². The number of nitrogens with one attached hydrogen (secondary N) is 1. The number of rotatable bonds is 6. The molecule has 0 bridgehead atoms. The van der Waals surface area contributed by atoms with Crippen LogP contribution in [0.15, 0.2) is 48.0 Å². The standard InChI is InChI=1S/C19H18N2O3S/c1-12(9-13-3-5-14(6-4-13)18(22)23)11-20-19-21-16-8-7-15(24-2)10-17(16)25-19/h3-10H,11H2,1-2H3,(H,20,21)(H,22,23). The molecule has 0 spiro atoms. The zero-order valence-corrected chi connectivity index (χ0v) is 14.8. The van der Waals surface area contributed by atoms with Gasteiger partial charge in [0, 0.05) is 6.54 Å². The average Bonchev–Trinajstić information content (AvgIpc) is 3.02. The van der Waals surface area contributed by atoms with E-state index in [1.165, 1.54) is 0 Å². The maximum absolute atomic E-state index is 10.9. The van der Waals surface area contributed by atoms with E-state index < -0.39 is 5.97 Å². The summed E-state index contributed by atoms with van der Waals surface area (Å²) >= 11 is 1.59. The number of ether oxygens (including phenoxy) is 1. The third-order valence-electron chi connectivity index (χ3n) is 3.68. The second kappa shape index (κ2) is 7.36. The molecule has 2 N–H and O–H groups in total. The topological polar surface area (TPSA) is 71.5 Å². The number of methoxy groups -OCH3 is 1. The van der Waals surface area contributed by atoms with Crippen LogP contribution in [-0.4, -0.2) is 29.7 Å². The molecule has 128 valence electrons. The van der Waals surface area contributed by atoms with Crippen molar-refractivity contribution in [2.45, 2.75) is 6.92 Å². The third-order valence-corrected chi connectivity index (χ3v) is 4.66. The summed E-state index contributed by atoms with van der Waals surface area (Å²) in [6, 6.07) is 12.6. The van der Waals surface area contributed by atoms with Crippen LogP contribution in [0.25, 0.3) is 16.3 Å². The van der Waals surface area contributed by atoms with Crippen LogP contribution in [0.5, 0.6) is 5.75 Å². The maximum Gasteiger partial charge on any atom is 0.335 e. The molecule has 6 heteroatoms. The molecule has 0 amide bonds. The van der Waals surface area contributed by atoms with Gasteiger partial charge in [0.05, 0.1) is 22.9 Å². The molecular formula is C19H18N2O3S. The quantitative estimate of drug-likeness (QED) is 0.681. The molecule has 0 aliphatic rings. The average molecular weight is 354 g/mol. The smallest absolute Gasteiger partial charge is 0.335 e. The molecular weight excluding hydrogens is 336 g/mol. The van der Waals surface area contributed by atoms with Gasteiger partial charge in [0.15, 0.2) is 5.13 Å². The third kappa shape index (κ3) is 4.16. The first kappa shape index (κ1) is 17.0. The van der Waals surface area contributed by atoms with Gasteiger partial charge in [-0.1, -0.05) is 35.1 Å². The first-order valence-electron chi connectivity index (χ1n) is 7.74. The monoisotopic (exact) mass is 354 g/mol. The van der Waals surface area contributed by atoms with Crippen LogP contribution >= 0.6 is 11.3 Å². The van der Waals surface area contributed by atoms with Crippen molar-refractivity contribution in [1.29, 1.82) is 0 Å². The highest BCUT2D eigenvalue weighted by Crippen LogP contribution is 2.29. The number of aromatic nitrogens is 1. The molecule has 0 atom stereocenters. The molecule has 0 radical (unpaired) electrons. The first-order chi connectivity index (χ1) is 12.0. The van der Waals surface area contributed by atoms with Crippen LogP contribution < -0.4 is 10.1 Å². The summed E-state index contributed by atoms with van der Waals surface area (Å²) in [5.74, 6) is -0.0926. The van der Waals surface area contributed by atoms with E-state index in [4.69, 9.17) is 9.84 Å². The minimum Gasteiger partial charge on any atom is -0.497 e. The van der Waals surface area contributed by atoms with Crippen molar-refractivity contribution in [3.05, 3.63) is 59.2 Å². The van der Waals surface area contributed by atoms with Crippen molar-refractivity contribution in [3.8, 4) is 5.75 Å². The summed E-state index contributed by atoms with van der Waals surface area (Å²) in [6.07, 6.45) is 2.02. The molecule has 5 nitrogen and oxygen atoms in total. The normalized spacial score (nSPS) is 11.5. The van der Waals surface area contributed by atoms with E-state index in [2.05, 4.69) is 10.3 Å². The summed E-state index contributed by atoms with van der Waals surface area (Å²) in [7, 11) is 1.65. The number of fused-ring (bicyclic) bond motifs is 1. The van der Waals surface area contributed by atoms with E-state index in [-0.39, 0.29) is 5.56 Å². The van der Waals surface area contributed by atoms with Crippen LogP contribution in [0.1, 0.15) is 22.8 Å². The predicted molar refractivity (Wildman–Crippen MR) is 102 cm³/mol. The van der Waals surface area contributed by atoms with Gasteiger partial charge in [0.25, 0.3) is 0 Å². The van der Waals surface area contributed by atoms with Gasteiger partial charge in [0.2, 0.25) is 0 Å². The number of hydrogen-bond donors (Lipinski definition) is 2. The molecule has 25 heavy (non-hydrogen) atoms. The highest BCUT2D eigenvalue weighted by Gasteiger charge is 2.05. The summed E-state index contributed by atoms with van der Waals surface area (Å²) in [6.45, 7) is 2.69. The zero-order valence-electron chi connectivity index (χ0n) is 13.9. The van der Waals surface area contributed by atoms with Crippen LogP contribution in [0.3, 0.4) is 0 Å². The lowest BCUT2D eigenvalue weighted by molar-refractivity contribution is 0.0697. The van der Waals surface area contributed by atoms with E-state index >= 15 is 0 Å². The lowest BCUT2D eigenvalue weighted by atomic mass is 10.1. The van der Waals surface area contributed by atoms with Gasteiger partial charge in [-0.25, -0.2) is 9.78 Å². The van der Waals surface area contributed by atoms with Crippen LogP contribution in [0.4, 0.5) is 5.13 Å². The molecule has 1 heterocycles. The van der Waals surface area contributed by atoms with Gasteiger partial charge >= 0.3 is 5.97 Å². The number of aromatic carboxylic acids is 1. The number of thiazole rings is 1. The van der Waals surface area contributed by atoms with E-state index in [0.29, 0.717) is 6.54 Å². The molecule has 0 aliphatic heterocycles. The Balaban J connectivity index is 1.66. The lowest BCUT2D eigenvalue weighted by Crippen LogP contribution is -2.02. The van der Waals surface area contributed by atoms with Gasteiger partial charge in [-0.3, -0.25) is 0 Å². The summed E-state index contributed by atoms with van der Waals surface area (Å²) < 4.78 is 6.31. The van der Waals surface area contributed by atoms with Crippen LogP contribution in [0.2, 0.25) is 0 Å². The van der Waals surface area contributed by atoms with Gasteiger partial charge < -0.3 is 15.2 Å². The van der Waals surface area contributed by atoms with Crippen molar-refractivity contribution < 1.29 is 14.6 Å². The molecule has 0 unspecified atom stereocenters. The van der Waals surface area contributed by atoms with Crippen molar-refractivity contribution >= 4 is 38.7 Å². The summed E-state index contributed by atoms with van der Waals surface area (Å²) in [4.78, 5) is 15.4.